The van der Waals surface area contributed by atoms with Gasteiger partial charge in [0.15, 0.2) is 0 Å². The molecule has 1 aliphatic heterocycles. The van der Waals surface area contributed by atoms with E-state index in [0.29, 0.717) is 12.1 Å². The number of rotatable bonds is 4. The highest BCUT2D eigenvalue weighted by Crippen LogP contribution is 2.29. The Morgan fingerprint density at radius 2 is 2.13 bits per heavy atom. The molecular weight excluding hydrogens is 308 g/mol. The Hall–Kier alpha value is -1.17. The predicted octanol–water partition coefficient (Wildman–Crippen LogP) is 3.29. The lowest BCUT2D eigenvalue weighted by Gasteiger charge is -2.35. The van der Waals surface area contributed by atoms with Crippen LogP contribution in [0.3, 0.4) is 0 Å². The highest BCUT2D eigenvalue weighted by atomic mass is 32.2. The van der Waals surface area contributed by atoms with Crippen molar-refractivity contribution in [2.24, 2.45) is 0 Å². The van der Waals surface area contributed by atoms with Crippen LogP contribution in [0.25, 0.3) is 0 Å². The van der Waals surface area contributed by atoms with Gasteiger partial charge in [-0.05, 0) is 37.9 Å². The summed E-state index contributed by atoms with van der Waals surface area (Å²) in [6.07, 6.45) is 12.6. The van der Waals surface area contributed by atoms with E-state index in [9.17, 15) is 4.79 Å². The number of hydrogen-bond donors (Lipinski definition) is 1. The first-order valence-electron chi connectivity index (χ1n) is 8.90. The zero-order valence-corrected chi connectivity index (χ0v) is 14.8. The maximum atomic E-state index is 12.5. The molecule has 0 unspecified atom stereocenters. The van der Waals surface area contributed by atoms with Gasteiger partial charge in [0.2, 0.25) is 0 Å². The quantitative estimate of drug-likeness (QED) is 0.918. The SMILES string of the molecule is CCS[C@@H]1CCC[C@@H](NC(=O)N2CCC(n3ccnc3)CC2)C1. The summed E-state index contributed by atoms with van der Waals surface area (Å²) in [4.78, 5) is 18.6. The van der Waals surface area contributed by atoms with Crippen LogP contribution in [0.2, 0.25) is 0 Å². The molecule has 6 heteroatoms. The highest BCUT2D eigenvalue weighted by molar-refractivity contribution is 7.99. The molecule has 2 aliphatic rings. The van der Waals surface area contributed by atoms with E-state index < -0.39 is 0 Å². The molecule has 1 aliphatic carbocycles. The largest absolute Gasteiger partial charge is 0.335 e. The molecule has 1 saturated heterocycles. The smallest absolute Gasteiger partial charge is 0.317 e. The summed E-state index contributed by atoms with van der Waals surface area (Å²) in [6, 6.07) is 0.995. The summed E-state index contributed by atoms with van der Waals surface area (Å²) in [5, 5.41) is 4.01. The number of urea groups is 1. The Kier molecular flexibility index (Phi) is 5.86. The summed E-state index contributed by atoms with van der Waals surface area (Å²) < 4.78 is 2.17. The molecule has 0 spiro atoms. The van der Waals surface area contributed by atoms with Gasteiger partial charge in [-0.3, -0.25) is 0 Å². The number of hydrogen-bond acceptors (Lipinski definition) is 3. The van der Waals surface area contributed by atoms with Crippen molar-refractivity contribution in [1.29, 1.82) is 0 Å². The number of imidazole rings is 1. The Morgan fingerprint density at radius 1 is 1.30 bits per heavy atom. The predicted molar refractivity (Wildman–Crippen MR) is 94.8 cm³/mol. The minimum atomic E-state index is 0.140. The first-order valence-corrected chi connectivity index (χ1v) is 9.95. The van der Waals surface area contributed by atoms with E-state index in [2.05, 4.69) is 21.8 Å². The molecule has 1 aromatic rings. The molecule has 0 radical (unpaired) electrons. The lowest BCUT2D eigenvalue weighted by molar-refractivity contribution is 0.165. The third kappa shape index (κ3) is 4.43. The van der Waals surface area contributed by atoms with Gasteiger partial charge in [-0.15, -0.1) is 0 Å². The van der Waals surface area contributed by atoms with Crippen LogP contribution in [0.4, 0.5) is 4.79 Å². The zero-order valence-electron chi connectivity index (χ0n) is 14.0. The number of likely N-dealkylation sites (tertiary alicyclic amines) is 1. The Balaban J connectivity index is 1.44. The Morgan fingerprint density at radius 3 is 2.83 bits per heavy atom. The molecule has 5 nitrogen and oxygen atoms in total. The molecule has 2 heterocycles. The summed E-state index contributed by atoms with van der Waals surface area (Å²) in [7, 11) is 0. The summed E-state index contributed by atoms with van der Waals surface area (Å²) in [6.45, 7) is 3.90. The van der Waals surface area contributed by atoms with Crippen LogP contribution in [0.15, 0.2) is 18.7 Å². The minimum absolute atomic E-state index is 0.140. The molecule has 0 aromatic carbocycles. The van der Waals surface area contributed by atoms with E-state index in [1.165, 1.54) is 18.6 Å². The van der Waals surface area contributed by atoms with Crippen molar-refractivity contribution in [3.05, 3.63) is 18.7 Å². The summed E-state index contributed by atoms with van der Waals surface area (Å²) in [5.74, 6) is 1.17. The van der Waals surface area contributed by atoms with Crippen LogP contribution in [0.5, 0.6) is 0 Å². The van der Waals surface area contributed by atoms with Crippen molar-refractivity contribution in [3.63, 3.8) is 0 Å². The average Bonchev–Trinajstić information content (AvgIpc) is 3.10. The number of thioether (sulfide) groups is 1. The number of amides is 2. The van der Waals surface area contributed by atoms with E-state index in [1.807, 2.05) is 35.4 Å². The number of piperidine rings is 1. The first-order chi connectivity index (χ1) is 11.3. The fourth-order valence-electron chi connectivity index (χ4n) is 3.78. The second-order valence-corrected chi connectivity index (χ2v) is 8.20. The van der Waals surface area contributed by atoms with Gasteiger partial charge in [-0.1, -0.05) is 13.3 Å². The van der Waals surface area contributed by atoms with Crippen LogP contribution >= 0.6 is 11.8 Å². The van der Waals surface area contributed by atoms with Gasteiger partial charge in [0.1, 0.15) is 0 Å². The lowest BCUT2D eigenvalue weighted by Crippen LogP contribution is -2.49. The molecular formula is C17H28N4OS. The van der Waals surface area contributed by atoms with E-state index >= 15 is 0 Å². The molecule has 23 heavy (non-hydrogen) atoms. The van der Waals surface area contributed by atoms with Crippen molar-refractivity contribution >= 4 is 17.8 Å². The number of carbonyl (C=O) groups is 1. The second kappa shape index (κ2) is 8.08. The minimum Gasteiger partial charge on any atom is -0.335 e. The van der Waals surface area contributed by atoms with Gasteiger partial charge in [-0.2, -0.15) is 11.8 Å². The fourth-order valence-corrected chi connectivity index (χ4v) is 4.95. The normalized spacial score (nSPS) is 26.2. The van der Waals surface area contributed by atoms with Crippen LogP contribution in [0.1, 0.15) is 51.5 Å². The molecule has 2 atom stereocenters. The average molecular weight is 337 g/mol. The van der Waals surface area contributed by atoms with Gasteiger partial charge in [0.25, 0.3) is 0 Å². The number of aromatic nitrogens is 2. The van der Waals surface area contributed by atoms with Gasteiger partial charge in [0.05, 0.1) is 6.33 Å². The third-order valence-corrected chi connectivity index (χ3v) is 6.29. The van der Waals surface area contributed by atoms with E-state index in [1.54, 1.807) is 0 Å². The summed E-state index contributed by atoms with van der Waals surface area (Å²) in [5.41, 5.74) is 0. The molecule has 1 saturated carbocycles. The topological polar surface area (TPSA) is 50.2 Å². The van der Waals surface area contributed by atoms with E-state index in [-0.39, 0.29) is 6.03 Å². The van der Waals surface area contributed by atoms with Crippen LogP contribution < -0.4 is 5.32 Å². The molecule has 1 aromatic heterocycles. The number of nitrogens with one attached hydrogen (secondary N) is 1. The van der Waals surface area contributed by atoms with Gasteiger partial charge in [-0.25, -0.2) is 9.78 Å². The lowest BCUT2D eigenvalue weighted by atomic mass is 9.95. The van der Waals surface area contributed by atoms with Crippen molar-refractivity contribution in [2.75, 3.05) is 18.8 Å². The Labute approximate surface area is 143 Å². The molecule has 128 valence electrons. The van der Waals surface area contributed by atoms with Crippen molar-refractivity contribution in [2.45, 2.75) is 62.8 Å². The van der Waals surface area contributed by atoms with Crippen molar-refractivity contribution < 1.29 is 4.79 Å². The monoisotopic (exact) mass is 336 g/mol. The van der Waals surface area contributed by atoms with Crippen LogP contribution in [-0.4, -0.2) is 50.6 Å². The maximum Gasteiger partial charge on any atom is 0.317 e. The van der Waals surface area contributed by atoms with Gasteiger partial charge in [0, 0.05) is 42.8 Å². The molecule has 0 bridgehead atoms. The summed E-state index contributed by atoms with van der Waals surface area (Å²) >= 11 is 2.04. The van der Waals surface area contributed by atoms with Crippen molar-refractivity contribution in [3.8, 4) is 0 Å². The van der Waals surface area contributed by atoms with Crippen LogP contribution in [0, 0.1) is 0 Å². The Bertz CT molecular complexity index is 483. The number of carbonyl (C=O) groups excluding carboxylic acids is 1. The standard InChI is InChI=1S/C17H28N4OS/c1-2-23-16-5-3-4-14(12-16)19-17(22)20-9-6-15(7-10-20)21-11-8-18-13-21/h8,11,13-16H,2-7,9-10,12H2,1H3,(H,19,22)/t14-,16-/m1/s1. The number of nitrogens with zero attached hydrogens (tertiary/aromatic N) is 3. The maximum absolute atomic E-state index is 12.5. The van der Waals surface area contributed by atoms with Gasteiger partial charge >= 0.3 is 6.03 Å². The molecule has 2 fully saturated rings. The molecule has 1 N–H and O–H groups in total. The van der Waals surface area contributed by atoms with E-state index in [0.717, 1.165) is 44.0 Å². The van der Waals surface area contributed by atoms with E-state index in [4.69, 9.17) is 0 Å². The third-order valence-electron chi connectivity index (χ3n) is 5.05. The molecule has 2 amide bonds. The van der Waals surface area contributed by atoms with Crippen molar-refractivity contribution in [1.82, 2.24) is 19.8 Å². The highest BCUT2D eigenvalue weighted by Gasteiger charge is 2.27. The first kappa shape index (κ1) is 16.7. The van der Waals surface area contributed by atoms with Crippen LogP contribution in [-0.2, 0) is 0 Å². The molecule has 3 rings (SSSR count). The second-order valence-electron chi connectivity index (χ2n) is 6.62. The zero-order chi connectivity index (χ0) is 16.1. The van der Waals surface area contributed by atoms with Gasteiger partial charge < -0.3 is 14.8 Å². The fraction of sp³-hybridized carbons (Fsp3) is 0.765.